The SMILES string of the molecule is COc1cccc2c1OP(OCO)OC2.[B][C@@H]1CCC(n2ccc(=O)[nH]c2=S)O1. The van der Waals surface area contributed by atoms with Crippen LogP contribution >= 0.6 is 20.8 Å². The highest BCUT2D eigenvalue weighted by Gasteiger charge is 2.25. The van der Waals surface area contributed by atoms with Gasteiger partial charge in [-0.05, 0) is 31.1 Å². The summed E-state index contributed by atoms with van der Waals surface area (Å²) in [6.07, 6.45) is 3.12. The number of aliphatic hydroxyl groups excluding tert-OH is 1. The molecule has 2 unspecified atom stereocenters. The Balaban J connectivity index is 0.000000166. The number of hydrogen-bond acceptors (Lipinski definition) is 8. The second-order valence-corrected chi connectivity index (χ2v) is 7.55. The molecule has 0 bridgehead atoms. The molecule has 2 N–H and O–H groups in total. The molecule has 12 heteroatoms. The summed E-state index contributed by atoms with van der Waals surface area (Å²) in [7, 11) is 5.66. The van der Waals surface area contributed by atoms with Gasteiger partial charge in [-0.15, -0.1) is 0 Å². The number of rotatable bonds is 4. The predicted octanol–water partition coefficient (Wildman–Crippen LogP) is 2.51. The molecule has 0 aliphatic carbocycles. The van der Waals surface area contributed by atoms with Crippen molar-refractivity contribution >= 4 is 28.7 Å². The molecule has 0 spiro atoms. The van der Waals surface area contributed by atoms with Crippen LogP contribution in [0.25, 0.3) is 0 Å². The Morgan fingerprint density at radius 3 is 2.90 bits per heavy atom. The zero-order chi connectivity index (χ0) is 20.8. The van der Waals surface area contributed by atoms with Gasteiger partial charge >= 0.3 is 8.60 Å². The van der Waals surface area contributed by atoms with E-state index in [2.05, 4.69) is 4.98 Å². The molecule has 1 aromatic heterocycles. The number of fused-ring (bicyclic) bond motifs is 1. The topological polar surface area (TPSA) is 104 Å². The van der Waals surface area contributed by atoms with Crippen molar-refractivity contribution < 1.29 is 28.2 Å². The summed E-state index contributed by atoms with van der Waals surface area (Å²) in [6.45, 7) is -0.0194. The predicted molar refractivity (Wildman–Crippen MR) is 108 cm³/mol. The first-order valence-electron chi connectivity index (χ1n) is 8.75. The fourth-order valence-electron chi connectivity index (χ4n) is 2.78. The first kappa shape index (κ1) is 22.0. The van der Waals surface area contributed by atoms with Crippen molar-refractivity contribution in [2.75, 3.05) is 13.9 Å². The van der Waals surface area contributed by atoms with E-state index in [1.165, 1.54) is 6.07 Å². The second kappa shape index (κ2) is 10.3. The molecule has 29 heavy (non-hydrogen) atoms. The molecule has 2 radical (unpaired) electrons. The smallest absolute Gasteiger partial charge is 0.399 e. The summed E-state index contributed by atoms with van der Waals surface area (Å²) in [4.78, 5) is 13.5. The van der Waals surface area contributed by atoms with Gasteiger partial charge in [-0.1, -0.05) is 12.1 Å². The van der Waals surface area contributed by atoms with Crippen molar-refractivity contribution in [3.63, 3.8) is 0 Å². The maximum absolute atomic E-state index is 10.9. The van der Waals surface area contributed by atoms with Crippen LogP contribution in [0.15, 0.2) is 35.3 Å². The van der Waals surface area contributed by atoms with E-state index in [0.29, 0.717) is 22.9 Å². The zero-order valence-corrected chi connectivity index (χ0v) is 17.4. The lowest BCUT2D eigenvalue weighted by atomic mass is 9.98. The maximum atomic E-state index is 10.9. The molecule has 1 aromatic carbocycles. The van der Waals surface area contributed by atoms with Gasteiger partial charge in [0.25, 0.3) is 5.56 Å². The van der Waals surface area contributed by atoms with Crippen molar-refractivity contribution in [2.24, 2.45) is 0 Å². The molecule has 1 fully saturated rings. The van der Waals surface area contributed by atoms with Crippen molar-refractivity contribution in [3.05, 3.63) is 51.2 Å². The third kappa shape index (κ3) is 5.66. The maximum Gasteiger partial charge on any atom is 0.399 e. The molecular weight excluding hydrogens is 418 g/mol. The Morgan fingerprint density at radius 2 is 2.24 bits per heavy atom. The van der Waals surface area contributed by atoms with E-state index in [1.54, 1.807) is 23.9 Å². The molecule has 0 saturated carbocycles. The number of para-hydroxylation sites is 1. The Labute approximate surface area is 174 Å². The van der Waals surface area contributed by atoms with Gasteiger partial charge in [0.05, 0.1) is 13.7 Å². The number of H-pyrrole nitrogens is 1. The fourth-order valence-corrected chi connectivity index (χ4v) is 3.93. The molecule has 2 aliphatic rings. The molecule has 0 amide bonds. The van der Waals surface area contributed by atoms with Crippen LogP contribution in [0.2, 0.25) is 0 Å². The van der Waals surface area contributed by atoms with E-state index in [-0.39, 0.29) is 17.8 Å². The van der Waals surface area contributed by atoms with Gasteiger partial charge in [-0.25, -0.2) is 0 Å². The lowest BCUT2D eigenvalue weighted by Crippen LogP contribution is -2.16. The molecule has 2 aromatic rings. The Bertz CT molecular complexity index is 926. The van der Waals surface area contributed by atoms with Gasteiger partial charge in [0.15, 0.2) is 23.1 Å². The Hall–Kier alpha value is -1.75. The van der Waals surface area contributed by atoms with E-state index in [0.717, 1.165) is 18.4 Å². The van der Waals surface area contributed by atoms with Crippen molar-refractivity contribution in [1.29, 1.82) is 0 Å². The first-order chi connectivity index (χ1) is 14.0. The molecule has 3 atom stereocenters. The van der Waals surface area contributed by atoms with Crippen LogP contribution in [-0.2, 0) is 20.4 Å². The second-order valence-electron chi connectivity index (χ2n) is 6.02. The van der Waals surface area contributed by atoms with Gasteiger partial charge in [0.1, 0.15) is 14.1 Å². The van der Waals surface area contributed by atoms with Crippen molar-refractivity contribution in [2.45, 2.75) is 31.7 Å². The van der Waals surface area contributed by atoms with E-state index >= 15 is 0 Å². The highest BCUT2D eigenvalue weighted by atomic mass is 32.1. The van der Waals surface area contributed by atoms with Gasteiger partial charge < -0.3 is 19.1 Å². The summed E-state index contributed by atoms with van der Waals surface area (Å²) >= 11 is 5.00. The van der Waals surface area contributed by atoms with E-state index in [1.807, 2.05) is 12.1 Å². The molecule has 4 rings (SSSR count). The third-order valence-electron chi connectivity index (χ3n) is 4.13. The monoisotopic (exact) mass is 438 g/mol. The van der Waals surface area contributed by atoms with Crippen LogP contribution in [0.1, 0.15) is 24.6 Å². The van der Waals surface area contributed by atoms with E-state index in [9.17, 15) is 4.79 Å². The number of aliphatic hydroxyl groups is 1. The molecule has 9 nitrogen and oxygen atoms in total. The average Bonchev–Trinajstić information content (AvgIpc) is 3.14. The van der Waals surface area contributed by atoms with Crippen LogP contribution in [0.4, 0.5) is 0 Å². The molecule has 2 aliphatic heterocycles. The number of methoxy groups -OCH3 is 1. The quantitative estimate of drug-likeness (QED) is 0.325. The number of benzene rings is 1. The minimum Gasteiger partial charge on any atom is -0.493 e. The number of ether oxygens (including phenoxy) is 2. The van der Waals surface area contributed by atoms with Crippen LogP contribution in [0.5, 0.6) is 11.5 Å². The molecule has 154 valence electrons. The van der Waals surface area contributed by atoms with E-state index in [4.69, 9.17) is 48.2 Å². The Kier molecular flexibility index (Phi) is 7.82. The number of nitrogens with zero attached hydrogens (tertiary/aromatic N) is 1. The number of aromatic nitrogens is 2. The summed E-state index contributed by atoms with van der Waals surface area (Å²) in [5.41, 5.74) is 0.711. The number of aromatic amines is 1. The summed E-state index contributed by atoms with van der Waals surface area (Å²) in [6, 6.07) is 6.75. The molecular formula is C17H20BN2O7PS. The number of hydrogen-bond donors (Lipinski definition) is 2. The van der Waals surface area contributed by atoms with Gasteiger partial charge in [0, 0.05) is 23.8 Å². The van der Waals surface area contributed by atoms with Crippen LogP contribution in [-0.4, -0.2) is 42.4 Å². The van der Waals surface area contributed by atoms with Crippen molar-refractivity contribution in [1.82, 2.24) is 9.55 Å². The van der Waals surface area contributed by atoms with E-state index < -0.39 is 15.4 Å². The van der Waals surface area contributed by atoms with Crippen LogP contribution in [0.3, 0.4) is 0 Å². The Morgan fingerprint density at radius 1 is 1.41 bits per heavy atom. The van der Waals surface area contributed by atoms with Gasteiger partial charge in [-0.2, -0.15) is 0 Å². The molecule has 3 heterocycles. The first-order valence-corrected chi connectivity index (χ1v) is 10.3. The fraction of sp³-hybridized carbons (Fsp3) is 0.412. The highest BCUT2D eigenvalue weighted by molar-refractivity contribution is 7.71. The van der Waals surface area contributed by atoms with Crippen LogP contribution in [0, 0.1) is 4.77 Å². The minimum absolute atomic E-state index is 0.144. The highest BCUT2D eigenvalue weighted by Crippen LogP contribution is 2.50. The largest absolute Gasteiger partial charge is 0.493 e. The standard InChI is InChI=1S/C9H11O5P.C8H9BN2O2S/c1-11-8-4-2-3-7-5-12-15(13-6-10)14-9(7)8;9-5-1-2-7(13-5)11-4-3-6(12)10-8(11)14/h2-4,10H,5-6H2,1H3;3-5,7H,1-2H2,(H,10,12,14)/t;5-,7?/m.0/s1. The third-order valence-corrected chi connectivity index (χ3v) is 5.44. The van der Waals surface area contributed by atoms with Gasteiger partial charge in [0.2, 0.25) is 0 Å². The van der Waals surface area contributed by atoms with Crippen LogP contribution < -0.4 is 14.8 Å². The average molecular weight is 438 g/mol. The summed E-state index contributed by atoms with van der Waals surface area (Å²) < 4.78 is 28.2. The normalized spacial score (nSPS) is 22.8. The van der Waals surface area contributed by atoms with Gasteiger partial charge in [-0.3, -0.25) is 23.4 Å². The zero-order valence-electron chi connectivity index (χ0n) is 15.6. The lowest BCUT2D eigenvalue weighted by Gasteiger charge is -2.24. The molecule has 1 saturated heterocycles. The summed E-state index contributed by atoms with van der Waals surface area (Å²) in [5, 5.41) is 8.60. The van der Waals surface area contributed by atoms with Crippen molar-refractivity contribution in [3.8, 4) is 11.5 Å². The number of nitrogens with one attached hydrogen (secondary N) is 1. The minimum atomic E-state index is -1.51. The lowest BCUT2D eigenvalue weighted by molar-refractivity contribution is 0.0354. The summed E-state index contributed by atoms with van der Waals surface area (Å²) in [5.74, 6) is 1.27.